The third kappa shape index (κ3) is 2.25. The van der Waals surface area contributed by atoms with Gasteiger partial charge in [0.25, 0.3) is 5.91 Å². The zero-order valence-corrected chi connectivity index (χ0v) is 11.2. The summed E-state index contributed by atoms with van der Waals surface area (Å²) in [5.41, 5.74) is 0.752. The highest BCUT2D eigenvalue weighted by Crippen LogP contribution is 2.44. The van der Waals surface area contributed by atoms with Crippen LogP contribution in [0.25, 0.3) is 0 Å². The van der Waals surface area contributed by atoms with Gasteiger partial charge in [0.1, 0.15) is 0 Å². The first-order valence-electron chi connectivity index (χ1n) is 6.29. The number of halogens is 1. The van der Waals surface area contributed by atoms with Crippen molar-refractivity contribution in [1.82, 2.24) is 5.32 Å². The predicted octanol–water partition coefficient (Wildman–Crippen LogP) is 3.37. The fraction of sp³-hybridized carbons (Fsp3) is 0.500. The number of carbonyl (C=O) groups excluding carboxylic acids is 1. The van der Waals surface area contributed by atoms with E-state index in [2.05, 4.69) is 21.2 Å². The second-order valence-electron chi connectivity index (χ2n) is 5.27. The van der Waals surface area contributed by atoms with E-state index >= 15 is 0 Å². The molecule has 2 nitrogen and oxygen atoms in total. The summed E-state index contributed by atoms with van der Waals surface area (Å²) in [6, 6.07) is 8.00. The molecule has 90 valence electrons. The molecular weight excluding hydrogens is 278 g/mol. The van der Waals surface area contributed by atoms with Crippen LogP contribution in [0.5, 0.6) is 0 Å². The molecule has 1 amide bonds. The van der Waals surface area contributed by atoms with Crippen LogP contribution in [0.3, 0.4) is 0 Å². The van der Waals surface area contributed by atoms with Gasteiger partial charge < -0.3 is 5.32 Å². The summed E-state index contributed by atoms with van der Waals surface area (Å²) in [6.45, 7) is 0. The first kappa shape index (κ1) is 11.3. The number of hydrogen-bond acceptors (Lipinski definition) is 1. The van der Waals surface area contributed by atoms with Gasteiger partial charge in [-0.1, -0.05) is 28.4 Å². The smallest absolute Gasteiger partial charge is 0.251 e. The van der Waals surface area contributed by atoms with E-state index < -0.39 is 0 Å². The Labute approximate surface area is 110 Å². The summed E-state index contributed by atoms with van der Waals surface area (Å²) >= 11 is 3.40. The lowest BCUT2D eigenvalue weighted by Crippen LogP contribution is -2.38. The summed E-state index contributed by atoms with van der Waals surface area (Å²) in [5, 5.41) is 3.19. The normalized spacial score (nSPS) is 30.5. The maximum absolute atomic E-state index is 12.1. The van der Waals surface area contributed by atoms with Gasteiger partial charge in [-0.15, -0.1) is 0 Å². The largest absolute Gasteiger partial charge is 0.349 e. The zero-order chi connectivity index (χ0) is 11.8. The van der Waals surface area contributed by atoms with Crippen LogP contribution in [-0.2, 0) is 0 Å². The maximum atomic E-state index is 12.1. The van der Waals surface area contributed by atoms with Crippen molar-refractivity contribution in [3.8, 4) is 0 Å². The van der Waals surface area contributed by atoms with E-state index in [0.717, 1.165) is 21.9 Å². The van der Waals surface area contributed by atoms with Gasteiger partial charge in [-0.25, -0.2) is 0 Å². The van der Waals surface area contributed by atoms with Crippen molar-refractivity contribution in [2.24, 2.45) is 11.8 Å². The molecule has 2 aliphatic carbocycles. The molecule has 0 spiro atoms. The topological polar surface area (TPSA) is 29.1 Å². The molecule has 2 aliphatic rings. The lowest BCUT2D eigenvalue weighted by atomic mass is 9.95. The molecule has 2 bridgehead atoms. The van der Waals surface area contributed by atoms with Crippen LogP contribution in [0, 0.1) is 11.8 Å². The Balaban J connectivity index is 1.68. The van der Waals surface area contributed by atoms with E-state index in [-0.39, 0.29) is 5.91 Å². The van der Waals surface area contributed by atoms with Crippen LogP contribution in [0.2, 0.25) is 0 Å². The SMILES string of the molecule is O=C(NC1CC2CCC1C2)c1cccc(Br)c1. The first-order valence-corrected chi connectivity index (χ1v) is 7.08. The number of fused-ring (bicyclic) bond motifs is 2. The highest BCUT2D eigenvalue weighted by atomic mass is 79.9. The first-order chi connectivity index (χ1) is 8.22. The van der Waals surface area contributed by atoms with E-state index in [9.17, 15) is 4.79 Å². The predicted molar refractivity (Wildman–Crippen MR) is 70.8 cm³/mol. The van der Waals surface area contributed by atoms with Crippen molar-refractivity contribution in [2.45, 2.75) is 31.7 Å². The molecule has 3 heteroatoms. The Morgan fingerprint density at radius 3 is 2.82 bits per heavy atom. The Hall–Kier alpha value is -0.830. The van der Waals surface area contributed by atoms with Gasteiger partial charge in [0.2, 0.25) is 0 Å². The van der Waals surface area contributed by atoms with Crippen LogP contribution >= 0.6 is 15.9 Å². The van der Waals surface area contributed by atoms with Crippen molar-refractivity contribution in [1.29, 1.82) is 0 Å². The lowest BCUT2D eigenvalue weighted by Gasteiger charge is -2.22. The van der Waals surface area contributed by atoms with Gasteiger partial charge in [-0.2, -0.15) is 0 Å². The van der Waals surface area contributed by atoms with Crippen molar-refractivity contribution < 1.29 is 4.79 Å². The van der Waals surface area contributed by atoms with E-state index in [0.29, 0.717) is 6.04 Å². The monoisotopic (exact) mass is 293 g/mol. The highest BCUT2D eigenvalue weighted by Gasteiger charge is 2.40. The molecule has 1 aromatic carbocycles. The van der Waals surface area contributed by atoms with Crippen LogP contribution in [0.15, 0.2) is 28.7 Å². The number of hydrogen-bond donors (Lipinski definition) is 1. The molecule has 3 rings (SSSR count). The van der Waals surface area contributed by atoms with Crippen LogP contribution in [-0.4, -0.2) is 11.9 Å². The fourth-order valence-corrected chi connectivity index (χ4v) is 3.70. The highest BCUT2D eigenvalue weighted by molar-refractivity contribution is 9.10. The van der Waals surface area contributed by atoms with Gasteiger partial charge in [-0.05, 0) is 49.3 Å². The minimum Gasteiger partial charge on any atom is -0.349 e. The van der Waals surface area contributed by atoms with Crippen LogP contribution in [0.4, 0.5) is 0 Å². The van der Waals surface area contributed by atoms with Crippen LogP contribution < -0.4 is 5.32 Å². The summed E-state index contributed by atoms with van der Waals surface area (Å²) in [4.78, 5) is 12.1. The lowest BCUT2D eigenvalue weighted by molar-refractivity contribution is 0.0923. The molecule has 0 aliphatic heterocycles. The number of amides is 1. The van der Waals surface area contributed by atoms with E-state index in [1.54, 1.807) is 0 Å². The third-order valence-corrected chi connectivity index (χ3v) is 4.63. The third-order valence-electron chi connectivity index (χ3n) is 4.14. The molecular formula is C14H16BrNO. The zero-order valence-electron chi connectivity index (χ0n) is 9.66. The quantitative estimate of drug-likeness (QED) is 0.890. The second kappa shape index (κ2) is 4.45. The molecule has 17 heavy (non-hydrogen) atoms. The van der Waals surface area contributed by atoms with Crippen molar-refractivity contribution in [3.63, 3.8) is 0 Å². The summed E-state index contributed by atoms with van der Waals surface area (Å²) in [7, 11) is 0. The summed E-state index contributed by atoms with van der Waals surface area (Å²) in [5.74, 6) is 1.67. The van der Waals surface area contributed by atoms with E-state index in [4.69, 9.17) is 0 Å². The average Bonchev–Trinajstić information content (AvgIpc) is 2.91. The Morgan fingerprint density at radius 2 is 2.18 bits per heavy atom. The minimum atomic E-state index is 0.0730. The standard InChI is InChI=1S/C14H16BrNO/c15-12-3-1-2-11(8-12)14(17)16-13-7-9-4-5-10(13)6-9/h1-3,8-10,13H,4-7H2,(H,16,17). The molecule has 0 aromatic heterocycles. The molecule has 0 radical (unpaired) electrons. The van der Waals surface area contributed by atoms with Gasteiger partial charge in [0.15, 0.2) is 0 Å². The second-order valence-corrected chi connectivity index (χ2v) is 6.18. The molecule has 1 N–H and O–H groups in total. The van der Waals surface area contributed by atoms with Crippen molar-refractivity contribution >= 4 is 21.8 Å². The Morgan fingerprint density at radius 1 is 1.29 bits per heavy atom. The van der Waals surface area contributed by atoms with Gasteiger partial charge in [0.05, 0.1) is 0 Å². The number of benzene rings is 1. The Bertz CT molecular complexity index is 446. The fourth-order valence-electron chi connectivity index (χ4n) is 3.30. The average molecular weight is 294 g/mol. The molecule has 3 atom stereocenters. The molecule has 0 heterocycles. The van der Waals surface area contributed by atoms with Gasteiger partial charge >= 0.3 is 0 Å². The molecule has 1 aromatic rings. The molecule has 2 fully saturated rings. The number of nitrogens with one attached hydrogen (secondary N) is 1. The number of carbonyl (C=O) groups is 1. The van der Waals surface area contributed by atoms with Crippen molar-refractivity contribution in [3.05, 3.63) is 34.3 Å². The van der Waals surface area contributed by atoms with E-state index in [1.165, 1.54) is 25.7 Å². The molecule has 0 saturated heterocycles. The van der Waals surface area contributed by atoms with Crippen molar-refractivity contribution in [2.75, 3.05) is 0 Å². The van der Waals surface area contributed by atoms with Gasteiger partial charge in [0, 0.05) is 16.1 Å². The van der Waals surface area contributed by atoms with Gasteiger partial charge in [-0.3, -0.25) is 4.79 Å². The number of rotatable bonds is 2. The molecule has 2 saturated carbocycles. The molecule has 3 unspecified atom stereocenters. The van der Waals surface area contributed by atoms with E-state index in [1.807, 2.05) is 24.3 Å². The maximum Gasteiger partial charge on any atom is 0.251 e. The summed E-state index contributed by atoms with van der Waals surface area (Å²) < 4.78 is 0.957. The Kier molecular flexibility index (Phi) is 2.95. The van der Waals surface area contributed by atoms with Crippen LogP contribution in [0.1, 0.15) is 36.0 Å². The summed E-state index contributed by atoms with van der Waals surface area (Å²) in [6.07, 6.45) is 5.18. The minimum absolute atomic E-state index is 0.0730.